The summed E-state index contributed by atoms with van der Waals surface area (Å²) in [6.07, 6.45) is 1.80. The van der Waals surface area contributed by atoms with Crippen LogP contribution in [-0.4, -0.2) is 36.5 Å². The molecule has 0 spiro atoms. The van der Waals surface area contributed by atoms with Crippen LogP contribution in [0.2, 0.25) is 0 Å². The average molecular weight is 266 g/mol. The second kappa shape index (κ2) is 6.02. The summed E-state index contributed by atoms with van der Waals surface area (Å²) < 4.78 is 19.0. The van der Waals surface area contributed by atoms with Gasteiger partial charge in [-0.3, -0.25) is 4.79 Å². The van der Waals surface area contributed by atoms with Crippen LogP contribution in [0.1, 0.15) is 30.1 Å². The van der Waals surface area contributed by atoms with Crippen molar-refractivity contribution in [3.05, 3.63) is 29.6 Å². The second-order valence-electron chi connectivity index (χ2n) is 4.70. The van der Waals surface area contributed by atoms with Gasteiger partial charge in [0.2, 0.25) is 0 Å². The maximum absolute atomic E-state index is 13.7. The number of nitrogens with zero attached hydrogens (tertiary/aromatic N) is 1. The zero-order valence-corrected chi connectivity index (χ0v) is 11.1. The van der Waals surface area contributed by atoms with Gasteiger partial charge in [0, 0.05) is 19.1 Å². The Morgan fingerprint density at radius 1 is 1.58 bits per heavy atom. The maximum Gasteiger partial charge on any atom is 0.257 e. The molecule has 2 rings (SSSR count). The van der Waals surface area contributed by atoms with Crippen LogP contribution in [0.25, 0.3) is 0 Å². The number of hydrogen-bond donors (Lipinski definition) is 1. The van der Waals surface area contributed by atoms with Crippen molar-refractivity contribution in [1.29, 1.82) is 0 Å². The number of carbonyl (C=O) groups excluding carboxylic acids is 1. The van der Waals surface area contributed by atoms with Crippen molar-refractivity contribution in [2.75, 3.05) is 19.7 Å². The third-order valence-corrected chi connectivity index (χ3v) is 3.23. The van der Waals surface area contributed by atoms with Gasteiger partial charge in [-0.15, -0.1) is 0 Å². The molecule has 0 aliphatic carbocycles. The molecule has 0 radical (unpaired) electrons. The van der Waals surface area contributed by atoms with E-state index in [4.69, 9.17) is 10.5 Å². The van der Waals surface area contributed by atoms with E-state index in [0.29, 0.717) is 19.7 Å². The molecule has 0 aromatic heterocycles. The molecule has 1 aliphatic rings. The predicted molar refractivity (Wildman–Crippen MR) is 70.7 cm³/mol. The van der Waals surface area contributed by atoms with Crippen molar-refractivity contribution in [2.24, 2.45) is 5.73 Å². The fourth-order valence-electron chi connectivity index (χ4n) is 2.33. The summed E-state index contributed by atoms with van der Waals surface area (Å²) in [5.74, 6) is -0.679. The number of amides is 1. The summed E-state index contributed by atoms with van der Waals surface area (Å²) in [5.41, 5.74) is 6.14. The van der Waals surface area contributed by atoms with Crippen LogP contribution < -0.4 is 10.5 Å². The van der Waals surface area contributed by atoms with E-state index in [1.807, 2.05) is 0 Å². The van der Waals surface area contributed by atoms with Crippen LogP contribution in [0.4, 0.5) is 4.39 Å². The molecule has 1 amide bonds. The molecular formula is C14H19FN2O2. The summed E-state index contributed by atoms with van der Waals surface area (Å²) in [6.45, 7) is 3.26. The Balaban J connectivity index is 2.25. The lowest BCUT2D eigenvalue weighted by atomic mass is 10.0. The molecule has 1 aromatic carbocycles. The van der Waals surface area contributed by atoms with Crippen molar-refractivity contribution in [3.63, 3.8) is 0 Å². The highest BCUT2D eigenvalue weighted by molar-refractivity contribution is 5.97. The molecule has 1 aromatic rings. The van der Waals surface area contributed by atoms with Gasteiger partial charge in [0.15, 0.2) is 11.6 Å². The molecule has 2 N–H and O–H groups in total. The quantitative estimate of drug-likeness (QED) is 0.907. The zero-order valence-electron chi connectivity index (χ0n) is 11.1. The third kappa shape index (κ3) is 3.04. The van der Waals surface area contributed by atoms with Gasteiger partial charge in [-0.25, -0.2) is 4.39 Å². The fraction of sp³-hybridized carbons (Fsp3) is 0.500. The van der Waals surface area contributed by atoms with Crippen LogP contribution in [0.15, 0.2) is 18.2 Å². The van der Waals surface area contributed by atoms with E-state index in [-0.39, 0.29) is 23.3 Å². The summed E-state index contributed by atoms with van der Waals surface area (Å²) in [5, 5.41) is 0. The van der Waals surface area contributed by atoms with E-state index in [9.17, 15) is 9.18 Å². The Bertz CT molecular complexity index is 465. The monoisotopic (exact) mass is 266 g/mol. The summed E-state index contributed by atoms with van der Waals surface area (Å²) in [6, 6.07) is 4.41. The van der Waals surface area contributed by atoms with Crippen molar-refractivity contribution in [3.8, 4) is 5.75 Å². The predicted octanol–water partition coefficient (Wildman–Crippen LogP) is 1.79. The minimum Gasteiger partial charge on any atom is -0.490 e. The lowest BCUT2D eigenvalue weighted by Crippen LogP contribution is -2.45. The summed E-state index contributed by atoms with van der Waals surface area (Å²) >= 11 is 0. The largest absolute Gasteiger partial charge is 0.490 e. The van der Waals surface area contributed by atoms with Crippen LogP contribution in [0, 0.1) is 5.82 Å². The van der Waals surface area contributed by atoms with E-state index >= 15 is 0 Å². The minimum atomic E-state index is -0.506. The van der Waals surface area contributed by atoms with Gasteiger partial charge >= 0.3 is 0 Å². The number of likely N-dealkylation sites (tertiary alicyclic amines) is 1. The van der Waals surface area contributed by atoms with Gasteiger partial charge in [-0.1, -0.05) is 6.07 Å². The lowest BCUT2D eigenvalue weighted by molar-refractivity contribution is 0.0703. The normalized spacial score (nSPS) is 19.3. The summed E-state index contributed by atoms with van der Waals surface area (Å²) in [7, 11) is 0. The second-order valence-corrected chi connectivity index (χ2v) is 4.70. The topological polar surface area (TPSA) is 55.6 Å². The molecule has 104 valence electrons. The molecule has 0 saturated carbocycles. The van der Waals surface area contributed by atoms with Gasteiger partial charge < -0.3 is 15.4 Å². The first-order chi connectivity index (χ1) is 9.13. The van der Waals surface area contributed by atoms with Gasteiger partial charge in [0.25, 0.3) is 5.91 Å². The zero-order chi connectivity index (χ0) is 13.8. The Labute approximate surface area is 112 Å². The van der Waals surface area contributed by atoms with E-state index in [1.165, 1.54) is 12.1 Å². The van der Waals surface area contributed by atoms with Crippen LogP contribution in [0.3, 0.4) is 0 Å². The molecule has 4 nitrogen and oxygen atoms in total. The molecule has 0 unspecified atom stereocenters. The number of rotatable bonds is 3. The van der Waals surface area contributed by atoms with E-state index in [0.717, 1.165) is 12.8 Å². The minimum absolute atomic E-state index is 0.00167. The highest BCUT2D eigenvalue weighted by Gasteiger charge is 2.25. The number of ether oxygens (including phenoxy) is 1. The van der Waals surface area contributed by atoms with Gasteiger partial charge in [0.05, 0.1) is 12.2 Å². The Morgan fingerprint density at radius 2 is 2.37 bits per heavy atom. The van der Waals surface area contributed by atoms with Crippen LogP contribution in [0.5, 0.6) is 5.75 Å². The SMILES string of the molecule is CCOc1c(F)cccc1C(=O)N1CCC[C@@H](N)C1. The standard InChI is InChI=1S/C14H19FN2O2/c1-2-19-13-11(6-3-7-12(13)15)14(18)17-8-4-5-10(16)9-17/h3,6-7,10H,2,4-5,8-9,16H2,1H3/t10-/m1/s1. The first-order valence-corrected chi connectivity index (χ1v) is 6.59. The first kappa shape index (κ1) is 13.8. The van der Waals surface area contributed by atoms with Crippen LogP contribution in [-0.2, 0) is 0 Å². The Kier molecular flexibility index (Phi) is 4.37. The molecule has 1 saturated heterocycles. The Hall–Kier alpha value is -1.62. The first-order valence-electron chi connectivity index (χ1n) is 6.59. The lowest BCUT2D eigenvalue weighted by Gasteiger charge is -2.31. The van der Waals surface area contributed by atoms with Crippen LogP contribution >= 0.6 is 0 Å². The number of halogens is 1. The smallest absolute Gasteiger partial charge is 0.257 e. The highest BCUT2D eigenvalue weighted by atomic mass is 19.1. The van der Waals surface area contributed by atoms with Gasteiger partial charge in [-0.2, -0.15) is 0 Å². The fourth-order valence-corrected chi connectivity index (χ4v) is 2.33. The van der Waals surface area contributed by atoms with Gasteiger partial charge in [-0.05, 0) is 31.9 Å². The third-order valence-electron chi connectivity index (χ3n) is 3.23. The number of benzene rings is 1. The van der Waals surface area contributed by atoms with E-state index < -0.39 is 5.82 Å². The molecule has 1 heterocycles. The van der Waals surface area contributed by atoms with Crippen molar-refractivity contribution >= 4 is 5.91 Å². The molecule has 5 heteroatoms. The van der Waals surface area contributed by atoms with E-state index in [1.54, 1.807) is 17.9 Å². The summed E-state index contributed by atoms with van der Waals surface area (Å²) in [4.78, 5) is 14.1. The van der Waals surface area contributed by atoms with E-state index in [2.05, 4.69) is 0 Å². The molecule has 19 heavy (non-hydrogen) atoms. The molecule has 1 fully saturated rings. The number of hydrogen-bond acceptors (Lipinski definition) is 3. The molecule has 1 aliphatic heterocycles. The van der Waals surface area contributed by atoms with Crippen molar-refractivity contribution in [2.45, 2.75) is 25.8 Å². The Morgan fingerprint density at radius 3 is 3.05 bits per heavy atom. The number of nitrogens with two attached hydrogens (primary N) is 1. The molecule has 1 atom stereocenters. The maximum atomic E-state index is 13.7. The average Bonchev–Trinajstić information content (AvgIpc) is 2.40. The molecular weight excluding hydrogens is 247 g/mol. The number of piperidine rings is 1. The number of carbonyl (C=O) groups is 1. The number of para-hydroxylation sites is 1. The van der Waals surface area contributed by atoms with Gasteiger partial charge in [0.1, 0.15) is 0 Å². The van der Waals surface area contributed by atoms with Crippen molar-refractivity contribution < 1.29 is 13.9 Å². The molecule has 0 bridgehead atoms. The van der Waals surface area contributed by atoms with Crippen molar-refractivity contribution in [1.82, 2.24) is 4.90 Å². The highest BCUT2D eigenvalue weighted by Crippen LogP contribution is 2.25.